The minimum Gasteiger partial charge on any atom is -0.478 e. The third-order valence-electron chi connectivity index (χ3n) is 2.20. The lowest BCUT2D eigenvalue weighted by molar-refractivity contribution is 0.0699. The predicted molar refractivity (Wildman–Crippen MR) is 50.2 cm³/mol. The van der Waals surface area contributed by atoms with E-state index in [9.17, 15) is 13.6 Å². The van der Waals surface area contributed by atoms with Crippen molar-refractivity contribution in [3.8, 4) is 0 Å². The zero-order chi connectivity index (χ0) is 11.0. The van der Waals surface area contributed by atoms with E-state index >= 15 is 0 Å². The summed E-state index contributed by atoms with van der Waals surface area (Å²) in [6, 6.07) is 4.38. The van der Waals surface area contributed by atoms with E-state index in [0.29, 0.717) is 5.52 Å². The Morgan fingerprint density at radius 2 is 2.13 bits per heavy atom. The molecule has 0 spiro atoms. The van der Waals surface area contributed by atoms with Gasteiger partial charge in [-0.3, -0.25) is 0 Å². The van der Waals surface area contributed by atoms with E-state index in [-0.39, 0.29) is 16.5 Å². The van der Waals surface area contributed by atoms with Crippen LogP contribution in [0.25, 0.3) is 10.9 Å². The number of aromatic nitrogens is 1. The maximum atomic E-state index is 12.6. The number of hydrogen-bond acceptors (Lipinski definition) is 1. The first-order valence-electron chi connectivity index (χ1n) is 4.22. The van der Waals surface area contributed by atoms with Crippen molar-refractivity contribution in [3.63, 3.8) is 0 Å². The number of alkyl halides is 2. The fourth-order valence-electron chi connectivity index (χ4n) is 1.56. The van der Waals surface area contributed by atoms with Crippen LogP contribution in [0.15, 0.2) is 24.4 Å². The molecule has 0 radical (unpaired) electrons. The van der Waals surface area contributed by atoms with Gasteiger partial charge in [0.25, 0.3) is 6.43 Å². The van der Waals surface area contributed by atoms with Crippen molar-refractivity contribution in [2.75, 3.05) is 0 Å². The summed E-state index contributed by atoms with van der Waals surface area (Å²) in [4.78, 5) is 13.5. The number of aromatic carboxylic acids is 1. The molecule has 0 unspecified atom stereocenters. The number of halogens is 2. The van der Waals surface area contributed by atoms with Crippen LogP contribution in [0.5, 0.6) is 0 Å². The molecule has 0 saturated carbocycles. The SMILES string of the molecule is O=C(O)c1cccc2[nH]cc(C(F)F)c12. The smallest absolute Gasteiger partial charge is 0.336 e. The summed E-state index contributed by atoms with van der Waals surface area (Å²) in [5.74, 6) is -1.21. The molecule has 0 fully saturated rings. The normalized spacial score (nSPS) is 11.1. The molecule has 2 rings (SSSR count). The van der Waals surface area contributed by atoms with Gasteiger partial charge in [-0.15, -0.1) is 0 Å². The van der Waals surface area contributed by atoms with Gasteiger partial charge < -0.3 is 10.1 Å². The molecule has 0 bridgehead atoms. The number of carboxylic acid groups (broad SMARTS) is 1. The maximum Gasteiger partial charge on any atom is 0.336 e. The summed E-state index contributed by atoms with van der Waals surface area (Å²) in [6.07, 6.45) is -1.54. The second kappa shape index (κ2) is 3.34. The molecular weight excluding hydrogens is 204 g/mol. The second-order valence-corrected chi connectivity index (χ2v) is 3.08. The van der Waals surface area contributed by atoms with Crippen molar-refractivity contribution >= 4 is 16.9 Å². The first-order chi connectivity index (χ1) is 7.11. The molecule has 0 amide bonds. The van der Waals surface area contributed by atoms with E-state index in [0.717, 1.165) is 6.20 Å². The van der Waals surface area contributed by atoms with Crippen molar-refractivity contribution in [2.24, 2.45) is 0 Å². The largest absolute Gasteiger partial charge is 0.478 e. The highest BCUT2D eigenvalue weighted by molar-refractivity contribution is 6.04. The van der Waals surface area contributed by atoms with Gasteiger partial charge in [-0.2, -0.15) is 0 Å². The summed E-state index contributed by atoms with van der Waals surface area (Å²) < 4.78 is 25.1. The van der Waals surface area contributed by atoms with E-state index in [1.807, 2.05) is 0 Å². The first-order valence-corrected chi connectivity index (χ1v) is 4.22. The van der Waals surface area contributed by atoms with Gasteiger partial charge in [0.05, 0.1) is 5.56 Å². The van der Waals surface area contributed by atoms with Gasteiger partial charge in [-0.25, -0.2) is 13.6 Å². The Morgan fingerprint density at radius 1 is 1.40 bits per heavy atom. The Hall–Kier alpha value is -1.91. The number of carbonyl (C=O) groups is 1. The van der Waals surface area contributed by atoms with Gasteiger partial charge >= 0.3 is 5.97 Å². The number of fused-ring (bicyclic) bond motifs is 1. The Balaban J connectivity index is 2.80. The number of nitrogens with one attached hydrogen (secondary N) is 1. The molecule has 15 heavy (non-hydrogen) atoms. The van der Waals surface area contributed by atoms with Crippen LogP contribution in [0.3, 0.4) is 0 Å². The van der Waals surface area contributed by atoms with Crippen LogP contribution in [0.2, 0.25) is 0 Å². The van der Waals surface area contributed by atoms with Crippen LogP contribution in [-0.2, 0) is 0 Å². The molecule has 78 valence electrons. The maximum absolute atomic E-state index is 12.6. The highest BCUT2D eigenvalue weighted by atomic mass is 19.3. The van der Waals surface area contributed by atoms with Gasteiger partial charge in [0.1, 0.15) is 0 Å². The highest BCUT2D eigenvalue weighted by Gasteiger charge is 2.18. The molecular formula is C10H7F2NO2. The number of benzene rings is 1. The van der Waals surface area contributed by atoms with Gasteiger partial charge in [-0.1, -0.05) is 6.07 Å². The highest BCUT2D eigenvalue weighted by Crippen LogP contribution is 2.30. The summed E-state index contributed by atoms with van der Waals surface area (Å²) in [6.45, 7) is 0. The Labute approximate surface area is 83.3 Å². The Bertz CT molecular complexity index is 519. The molecule has 2 N–H and O–H groups in total. The summed E-state index contributed by atoms with van der Waals surface area (Å²) in [5.41, 5.74) is 0.0252. The number of carboxylic acids is 1. The van der Waals surface area contributed by atoms with Crippen molar-refractivity contribution in [1.82, 2.24) is 4.98 Å². The summed E-state index contributed by atoms with van der Waals surface area (Å²) in [7, 11) is 0. The van der Waals surface area contributed by atoms with E-state index < -0.39 is 12.4 Å². The number of aromatic amines is 1. The fourth-order valence-corrected chi connectivity index (χ4v) is 1.56. The zero-order valence-electron chi connectivity index (χ0n) is 7.50. The quantitative estimate of drug-likeness (QED) is 0.802. The second-order valence-electron chi connectivity index (χ2n) is 3.08. The number of H-pyrrole nitrogens is 1. The van der Waals surface area contributed by atoms with E-state index in [1.165, 1.54) is 12.1 Å². The average Bonchev–Trinajstić information content (AvgIpc) is 2.60. The van der Waals surface area contributed by atoms with Gasteiger partial charge in [0.2, 0.25) is 0 Å². The van der Waals surface area contributed by atoms with Crippen LogP contribution in [0.4, 0.5) is 8.78 Å². The van der Waals surface area contributed by atoms with Crippen LogP contribution >= 0.6 is 0 Å². The minimum absolute atomic E-state index is 0.0833. The van der Waals surface area contributed by atoms with Crippen molar-refractivity contribution in [2.45, 2.75) is 6.43 Å². The Kier molecular flexibility index (Phi) is 2.15. The van der Waals surface area contributed by atoms with Crippen molar-refractivity contribution in [3.05, 3.63) is 35.5 Å². The molecule has 3 nitrogen and oxygen atoms in total. The zero-order valence-corrected chi connectivity index (χ0v) is 7.50. The summed E-state index contributed by atoms with van der Waals surface area (Å²) in [5, 5.41) is 8.93. The first kappa shape index (κ1) is 9.64. The average molecular weight is 211 g/mol. The molecule has 1 heterocycles. The van der Waals surface area contributed by atoms with E-state index in [4.69, 9.17) is 5.11 Å². The lowest BCUT2D eigenvalue weighted by Gasteiger charge is -2.00. The number of rotatable bonds is 2. The monoisotopic (exact) mass is 211 g/mol. The van der Waals surface area contributed by atoms with Gasteiger partial charge in [-0.05, 0) is 12.1 Å². The lowest BCUT2D eigenvalue weighted by atomic mass is 10.1. The molecule has 1 aromatic heterocycles. The molecule has 1 aromatic carbocycles. The summed E-state index contributed by atoms with van der Waals surface area (Å²) >= 11 is 0. The minimum atomic E-state index is -2.68. The molecule has 0 atom stereocenters. The van der Waals surface area contributed by atoms with Gasteiger partial charge in [0, 0.05) is 22.7 Å². The number of hydrogen-bond donors (Lipinski definition) is 2. The van der Waals surface area contributed by atoms with Crippen molar-refractivity contribution < 1.29 is 18.7 Å². The van der Waals surface area contributed by atoms with Crippen LogP contribution in [-0.4, -0.2) is 16.1 Å². The van der Waals surface area contributed by atoms with Crippen LogP contribution in [0.1, 0.15) is 22.3 Å². The van der Waals surface area contributed by atoms with E-state index in [1.54, 1.807) is 6.07 Å². The topological polar surface area (TPSA) is 53.1 Å². The van der Waals surface area contributed by atoms with E-state index in [2.05, 4.69) is 4.98 Å². The lowest BCUT2D eigenvalue weighted by Crippen LogP contribution is -1.97. The third-order valence-corrected chi connectivity index (χ3v) is 2.20. The standard InChI is InChI=1S/C10H7F2NO2/c11-9(12)6-4-13-7-3-1-2-5(8(6)7)10(14)15/h1-4,9,13H,(H,14,15). The molecule has 0 saturated heterocycles. The third kappa shape index (κ3) is 1.45. The fraction of sp³-hybridized carbons (Fsp3) is 0.100. The molecule has 5 heteroatoms. The predicted octanol–water partition coefficient (Wildman–Crippen LogP) is 2.80. The Morgan fingerprint density at radius 3 is 2.73 bits per heavy atom. The molecule has 0 aliphatic heterocycles. The van der Waals surface area contributed by atoms with Crippen LogP contribution in [0, 0.1) is 0 Å². The van der Waals surface area contributed by atoms with Gasteiger partial charge in [0.15, 0.2) is 0 Å². The van der Waals surface area contributed by atoms with Crippen LogP contribution < -0.4 is 0 Å². The van der Waals surface area contributed by atoms with Crippen molar-refractivity contribution in [1.29, 1.82) is 0 Å². The molecule has 0 aliphatic rings. The molecule has 2 aromatic rings. The molecule has 0 aliphatic carbocycles.